The Morgan fingerprint density at radius 1 is 1.32 bits per heavy atom. The van der Waals surface area contributed by atoms with Crippen molar-refractivity contribution in [3.05, 3.63) is 39.8 Å². The summed E-state index contributed by atoms with van der Waals surface area (Å²) in [5.41, 5.74) is 0.304. The molecule has 0 saturated carbocycles. The van der Waals surface area contributed by atoms with Gasteiger partial charge in [-0.25, -0.2) is 9.78 Å². The summed E-state index contributed by atoms with van der Waals surface area (Å²) in [6.45, 7) is 7.97. The molecule has 0 aliphatic carbocycles. The summed E-state index contributed by atoms with van der Waals surface area (Å²) in [6.07, 6.45) is 7.31. The predicted molar refractivity (Wildman–Crippen MR) is 101 cm³/mol. The normalized spacial score (nSPS) is 11.9. The first-order chi connectivity index (χ1) is 11.9. The second kappa shape index (κ2) is 9.98. The Morgan fingerprint density at radius 2 is 1.96 bits per heavy atom. The van der Waals surface area contributed by atoms with Gasteiger partial charge in [0.15, 0.2) is 11.2 Å². The fraction of sp³-hybridized carbons (Fsp3) is 0.611. The van der Waals surface area contributed by atoms with E-state index in [4.69, 9.17) is 4.74 Å². The van der Waals surface area contributed by atoms with Crippen molar-refractivity contribution in [3.63, 3.8) is 0 Å². The molecule has 0 aliphatic heterocycles. The van der Waals surface area contributed by atoms with Crippen molar-refractivity contribution in [2.45, 2.75) is 52.2 Å². The van der Waals surface area contributed by atoms with E-state index in [-0.39, 0.29) is 17.4 Å². The van der Waals surface area contributed by atoms with Crippen LogP contribution in [-0.2, 0) is 25.4 Å². The summed E-state index contributed by atoms with van der Waals surface area (Å²) in [6, 6.07) is 0. The van der Waals surface area contributed by atoms with E-state index in [2.05, 4.69) is 18.5 Å². The van der Waals surface area contributed by atoms with E-state index in [0.29, 0.717) is 17.7 Å². The van der Waals surface area contributed by atoms with Gasteiger partial charge in [0.25, 0.3) is 5.56 Å². The molecular formula is C18H30N4O3. The molecule has 0 unspecified atom stereocenters. The van der Waals surface area contributed by atoms with Crippen LogP contribution in [0.15, 0.2) is 28.6 Å². The van der Waals surface area contributed by atoms with Crippen LogP contribution in [0, 0.1) is 0 Å². The van der Waals surface area contributed by atoms with Crippen LogP contribution >= 0.6 is 0 Å². The van der Waals surface area contributed by atoms with E-state index in [9.17, 15) is 9.59 Å². The van der Waals surface area contributed by atoms with E-state index in [1.165, 1.54) is 9.13 Å². The van der Waals surface area contributed by atoms with Gasteiger partial charge in [-0.3, -0.25) is 13.9 Å². The minimum absolute atomic E-state index is 0.198. The molecule has 2 rings (SSSR count). The van der Waals surface area contributed by atoms with Gasteiger partial charge in [-0.1, -0.05) is 13.0 Å². The van der Waals surface area contributed by atoms with Gasteiger partial charge in [0.1, 0.15) is 0 Å². The fourth-order valence-electron chi connectivity index (χ4n) is 2.41. The second-order valence-electron chi connectivity index (χ2n) is 6.07. The third-order valence-electron chi connectivity index (χ3n) is 4.13. The number of hydrogen-bond donors (Lipinski definition) is 0. The average Bonchev–Trinajstić information content (AvgIpc) is 3.01. The van der Waals surface area contributed by atoms with Crippen LogP contribution in [0.1, 0.15) is 39.5 Å². The molecule has 0 saturated heterocycles. The molecular weight excluding hydrogens is 320 g/mol. The highest BCUT2D eigenvalue weighted by atomic mass is 16.5. The molecule has 0 N–H and O–H groups in total. The quantitative estimate of drug-likeness (QED) is 0.567. The maximum Gasteiger partial charge on any atom is 0.332 e. The van der Waals surface area contributed by atoms with Crippen LogP contribution < -0.4 is 11.2 Å². The number of imidazole rings is 1. The van der Waals surface area contributed by atoms with Gasteiger partial charge in [0.05, 0.1) is 12.4 Å². The number of unbranched alkanes of at least 4 members (excludes halogenated alkanes) is 1. The Bertz CT molecular complexity index is 801. The predicted octanol–water partition coefficient (Wildman–Crippen LogP) is 2.22. The lowest BCUT2D eigenvalue weighted by Gasteiger charge is -2.10. The topological polar surface area (TPSA) is 71.1 Å². The van der Waals surface area contributed by atoms with Crippen molar-refractivity contribution < 1.29 is 4.74 Å². The largest absolute Gasteiger partial charge is 0.382 e. The number of aryl methyl sites for hydroxylation is 2. The first kappa shape index (κ1) is 20.9. The van der Waals surface area contributed by atoms with Gasteiger partial charge in [0.2, 0.25) is 0 Å². The third-order valence-corrected chi connectivity index (χ3v) is 4.13. The van der Waals surface area contributed by atoms with Crippen LogP contribution in [0.25, 0.3) is 11.2 Å². The number of rotatable bonds is 7. The molecule has 0 bridgehead atoms. The van der Waals surface area contributed by atoms with Crippen LogP contribution in [0.3, 0.4) is 0 Å². The summed E-state index contributed by atoms with van der Waals surface area (Å²) in [7, 11) is 5.08. The highest BCUT2D eigenvalue weighted by Crippen LogP contribution is 2.06. The Morgan fingerprint density at radius 3 is 2.52 bits per heavy atom. The van der Waals surface area contributed by atoms with Crippen LogP contribution in [0.2, 0.25) is 0 Å². The summed E-state index contributed by atoms with van der Waals surface area (Å²) in [5, 5.41) is 0. The van der Waals surface area contributed by atoms with E-state index >= 15 is 0 Å². The minimum Gasteiger partial charge on any atom is -0.382 e. The summed E-state index contributed by atoms with van der Waals surface area (Å²) in [5.74, 6) is 0. The average molecular weight is 350 g/mol. The number of allylic oxidation sites excluding steroid dienone is 1. The molecule has 2 heterocycles. The van der Waals surface area contributed by atoms with Crippen LogP contribution in [-0.4, -0.2) is 31.9 Å². The molecule has 0 aliphatic rings. The van der Waals surface area contributed by atoms with Crippen molar-refractivity contribution in [2.75, 3.05) is 7.11 Å². The molecule has 1 atom stereocenters. The van der Waals surface area contributed by atoms with Crippen molar-refractivity contribution >= 4 is 11.2 Å². The van der Waals surface area contributed by atoms with E-state index < -0.39 is 0 Å². The number of ether oxygens (including phenoxy) is 1. The van der Waals surface area contributed by atoms with Crippen molar-refractivity contribution in [1.82, 2.24) is 18.7 Å². The number of hydrogen-bond acceptors (Lipinski definition) is 4. The Hall–Kier alpha value is -2.15. The molecule has 7 heteroatoms. The number of fused-ring (bicyclic) bond motifs is 1. The number of aromatic nitrogens is 4. The molecule has 2 aromatic heterocycles. The molecule has 140 valence electrons. The lowest BCUT2D eigenvalue weighted by atomic mass is 10.2. The summed E-state index contributed by atoms with van der Waals surface area (Å²) >= 11 is 0. The van der Waals surface area contributed by atoms with E-state index in [1.54, 1.807) is 32.1 Å². The molecule has 0 fully saturated rings. The van der Waals surface area contributed by atoms with Crippen molar-refractivity contribution in [1.29, 1.82) is 0 Å². The third kappa shape index (κ3) is 5.16. The lowest BCUT2D eigenvalue weighted by Crippen LogP contribution is -2.39. The Kier molecular flexibility index (Phi) is 8.34. The zero-order chi connectivity index (χ0) is 19.0. The highest BCUT2D eigenvalue weighted by molar-refractivity contribution is 5.69. The first-order valence-electron chi connectivity index (χ1n) is 8.63. The second-order valence-corrected chi connectivity index (χ2v) is 6.07. The van der Waals surface area contributed by atoms with Crippen LogP contribution in [0.4, 0.5) is 0 Å². The Balaban J connectivity index is 0.000000705. The maximum atomic E-state index is 12.4. The fourth-order valence-corrected chi connectivity index (χ4v) is 2.41. The maximum absolute atomic E-state index is 12.4. The Labute approximate surface area is 148 Å². The standard InChI is InChI=1S/C14H22N4O3.C4H8/c1-10(21-4)7-5-6-8-18-13(19)11-12(15-9-16(11)2)17(3)14(18)20;1-3-4-2/h9-10H,5-8H2,1-4H3;3H,1,4H2,2H3/t10-;/m1./s1. The van der Waals surface area contributed by atoms with Gasteiger partial charge >= 0.3 is 5.69 Å². The molecule has 25 heavy (non-hydrogen) atoms. The summed E-state index contributed by atoms with van der Waals surface area (Å²) < 4.78 is 9.56. The minimum atomic E-state index is -0.314. The van der Waals surface area contributed by atoms with E-state index in [1.807, 2.05) is 13.0 Å². The molecule has 0 radical (unpaired) electrons. The summed E-state index contributed by atoms with van der Waals surface area (Å²) in [4.78, 5) is 28.8. The molecule has 0 aromatic carbocycles. The van der Waals surface area contributed by atoms with Crippen LogP contribution in [0.5, 0.6) is 0 Å². The van der Waals surface area contributed by atoms with Crippen molar-refractivity contribution in [2.24, 2.45) is 14.1 Å². The smallest absolute Gasteiger partial charge is 0.332 e. The van der Waals surface area contributed by atoms with Gasteiger partial charge in [-0.05, 0) is 32.6 Å². The van der Waals surface area contributed by atoms with E-state index in [0.717, 1.165) is 25.7 Å². The zero-order valence-corrected chi connectivity index (χ0v) is 16.0. The molecule has 2 aromatic rings. The van der Waals surface area contributed by atoms with Gasteiger partial charge in [-0.15, -0.1) is 6.58 Å². The molecule has 0 spiro atoms. The molecule has 0 amide bonds. The molecule has 7 nitrogen and oxygen atoms in total. The highest BCUT2D eigenvalue weighted by Gasteiger charge is 2.14. The monoisotopic (exact) mass is 350 g/mol. The first-order valence-corrected chi connectivity index (χ1v) is 8.63. The SMILES string of the molecule is C=CCC.CO[C@H](C)CCCCn1c(=O)c2c(ncn2C)n(C)c1=O. The van der Waals surface area contributed by atoms with Gasteiger partial charge in [0, 0.05) is 27.7 Å². The van der Waals surface area contributed by atoms with Gasteiger partial charge in [-0.2, -0.15) is 0 Å². The lowest BCUT2D eigenvalue weighted by molar-refractivity contribution is 0.108. The zero-order valence-electron chi connectivity index (χ0n) is 16.0. The number of methoxy groups -OCH3 is 1. The van der Waals surface area contributed by atoms with Gasteiger partial charge < -0.3 is 9.30 Å². The number of nitrogens with zero attached hydrogens (tertiary/aromatic N) is 4. The van der Waals surface area contributed by atoms with Crippen molar-refractivity contribution in [3.8, 4) is 0 Å².